The van der Waals surface area contributed by atoms with Crippen molar-refractivity contribution in [3.8, 4) is 5.75 Å². The Morgan fingerprint density at radius 1 is 1.03 bits per heavy atom. The number of fused-ring (bicyclic) bond motifs is 1. The van der Waals surface area contributed by atoms with Crippen molar-refractivity contribution in [1.29, 1.82) is 0 Å². The summed E-state index contributed by atoms with van der Waals surface area (Å²) in [6.45, 7) is 4.11. The molecule has 4 aromatic rings. The van der Waals surface area contributed by atoms with Crippen molar-refractivity contribution in [2.24, 2.45) is 0 Å². The van der Waals surface area contributed by atoms with Gasteiger partial charge in [0.05, 0.1) is 13.7 Å². The Kier molecular flexibility index (Phi) is 4.95. The number of nitrogens with zero attached hydrogens (tertiary/aromatic N) is 5. The lowest BCUT2D eigenvalue weighted by atomic mass is 10.1. The summed E-state index contributed by atoms with van der Waals surface area (Å²) >= 11 is 0. The molecule has 0 spiro atoms. The highest BCUT2D eigenvalue weighted by atomic mass is 16.5. The first-order valence-electron chi connectivity index (χ1n) is 9.26. The Bertz CT molecular complexity index is 1150. The van der Waals surface area contributed by atoms with Crippen molar-refractivity contribution in [1.82, 2.24) is 19.6 Å². The highest BCUT2D eigenvalue weighted by Gasteiger charge is 2.21. The van der Waals surface area contributed by atoms with Gasteiger partial charge in [0.25, 0.3) is 11.7 Å². The number of carbonyl (C=O) groups is 1. The summed E-state index contributed by atoms with van der Waals surface area (Å²) in [5.41, 5.74) is 3.15. The van der Waals surface area contributed by atoms with E-state index in [0.717, 1.165) is 17.1 Å². The molecule has 0 saturated heterocycles. The first-order chi connectivity index (χ1) is 14.0. The van der Waals surface area contributed by atoms with Crippen molar-refractivity contribution >= 4 is 17.4 Å². The second kappa shape index (κ2) is 7.71. The van der Waals surface area contributed by atoms with Crippen LogP contribution in [0.2, 0.25) is 0 Å². The van der Waals surface area contributed by atoms with Crippen LogP contribution in [-0.4, -0.2) is 32.6 Å². The van der Waals surface area contributed by atoms with E-state index in [-0.39, 0.29) is 12.5 Å². The molecule has 7 nitrogen and oxygen atoms in total. The van der Waals surface area contributed by atoms with E-state index >= 15 is 0 Å². The smallest absolute Gasteiger partial charge is 0.258 e. The third kappa shape index (κ3) is 3.80. The van der Waals surface area contributed by atoms with Gasteiger partial charge in [-0.1, -0.05) is 18.2 Å². The molecule has 2 aromatic heterocycles. The largest absolute Gasteiger partial charge is 0.497 e. The number of methoxy groups -OCH3 is 1. The van der Waals surface area contributed by atoms with Crippen molar-refractivity contribution in [3.63, 3.8) is 0 Å². The number of carbonyl (C=O) groups excluding carboxylic acids is 1. The van der Waals surface area contributed by atoms with Gasteiger partial charge in [-0.2, -0.15) is 4.98 Å². The summed E-state index contributed by atoms with van der Waals surface area (Å²) in [5, 5.41) is 4.55. The van der Waals surface area contributed by atoms with Crippen LogP contribution < -0.4 is 9.64 Å². The van der Waals surface area contributed by atoms with E-state index in [2.05, 4.69) is 15.1 Å². The second-order valence-electron chi connectivity index (χ2n) is 6.73. The number of amides is 1. The predicted octanol–water partition coefficient (Wildman–Crippen LogP) is 3.60. The van der Waals surface area contributed by atoms with Gasteiger partial charge in [0.1, 0.15) is 5.75 Å². The van der Waals surface area contributed by atoms with Crippen molar-refractivity contribution in [3.05, 3.63) is 83.4 Å². The normalized spacial score (nSPS) is 10.9. The molecule has 2 heterocycles. The maximum atomic E-state index is 13.3. The molecule has 2 aromatic carbocycles. The van der Waals surface area contributed by atoms with Crippen LogP contribution in [0.25, 0.3) is 5.78 Å². The molecule has 1 amide bonds. The van der Waals surface area contributed by atoms with Crippen molar-refractivity contribution < 1.29 is 9.53 Å². The quantitative estimate of drug-likeness (QED) is 0.523. The van der Waals surface area contributed by atoms with Gasteiger partial charge >= 0.3 is 0 Å². The summed E-state index contributed by atoms with van der Waals surface area (Å²) in [6.07, 6.45) is 0. The maximum absolute atomic E-state index is 13.3. The summed E-state index contributed by atoms with van der Waals surface area (Å²) < 4.78 is 6.89. The van der Waals surface area contributed by atoms with Crippen LogP contribution in [0.1, 0.15) is 27.6 Å². The number of hydrogen-bond donors (Lipinski definition) is 0. The Labute approximate surface area is 168 Å². The zero-order chi connectivity index (χ0) is 20.4. The van der Waals surface area contributed by atoms with Crippen LogP contribution in [0, 0.1) is 13.8 Å². The number of aryl methyl sites for hydroxylation is 2. The molecule has 7 heteroatoms. The standard InChI is InChI=1S/C22H21N5O2/c1-15-13-16(2)27-22(23-15)24-20(25-27)14-26(18-7-5-4-6-8-18)21(28)17-9-11-19(29-3)12-10-17/h4-13H,14H2,1-3H3. The van der Waals surface area contributed by atoms with E-state index in [0.29, 0.717) is 22.9 Å². The average Bonchev–Trinajstić information content (AvgIpc) is 3.15. The monoisotopic (exact) mass is 387 g/mol. The lowest BCUT2D eigenvalue weighted by molar-refractivity contribution is 0.0984. The lowest BCUT2D eigenvalue weighted by Gasteiger charge is -2.21. The van der Waals surface area contributed by atoms with Crippen LogP contribution >= 0.6 is 0 Å². The summed E-state index contributed by atoms with van der Waals surface area (Å²) in [4.78, 5) is 23.9. The molecule has 0 aliphatic carbocycles. The van der Waals surface area contributed by atoms with Crippen LogP contribution in [0.4, 0.5) is 5.69 Å². The van der Waals surface area contributed by atoms with E-state index in [4.69, 9.17) is 4.74 Å². The molecule has 0 radical (unpaired) electrons. The Hall–Kier alpha value is -3.74. The van der Waals surface area contributed by atoms with Gasteiger partial charge in [0.2, 0.25) is 0 Å². The molecule has 0 atom stereocenters. The lowest BCUT2D eigenvalue weighted by Crippen LogP contribution is -2.30. The van der Waals surface area contributed by atoms with Gasteiger partial charge in [-0.25, -0.2) is 9.50 Å². The topological polar surface area (TPSA) is 72.6 Å². The number of para-hydroxylation sites is 1. The van der Waals surface area contributed by atoms with E-state index in [9.17, 15) is 4.79 Å². The Morgan fingerprint density at radius 3 is 2.45 bits per heavy atom. The summed E-state index contributed by atoms with van der Waals surface area (Å²) in [5.74, 6) is 1.62. The fourth-order valence-corrected chi connectivity index (χ4v) is 3.19. The third-order valence-electron chi connectivity index (χ3n) is 4.61. The first kappa shape index (κ1) is 18.6. The second-order valence-corrected chi connectivity index (χ2v) is 6.73. The Balaban J connectivity index is 1.71. The zero-order valence-electron chi connectivity index (χ0n) is 16.5. The molecule has 0 saturated carbocycles. The first-order valence-corrected chi connectivity index (χ1v) is 9.26. The van der Waals surface area contributed by atoms with Gasteiger partial charge < -0.3 is 9.64 Å². The van der Waals surface area contributed by atoms with E-state index in [1.807, 2.05) is 50.2 Å². The van der Waals surface area contributed by atoms with Crippen molar-refractivity contribution in [2.45, 2.75) is 20.4 Å². The zero-order valence-corrected chi connectivity index (χ0v) is 16.5. The molecular weight excluding hydrogens is 366 g/mol. The van der Waals surface area contributed by atoms with Gasteiger partial charge in [-0.3, -0.25) is 4.79 Å². The van der Waals surface area contributed by atoms with Gasteiger partial charge in [0, 0.05) is 22.6 Å². The van der Waals surface area contributed by atoms with Crippen LogP contribution in [0.3, 0.4) is 0 Å². The van der Waals surface area contributed by atoms with E-state index in [1.54, 1.807) is 40.8 Å². The molecular formula is C22H21N5O2. The van der Waals surface area contributed by atoms with E-state index < -0.39 is 0 Å². The van der Waals surface area contributed by atoms with Crippen LogP contribution in [0.5, 0.6) is 5.75 Å². The number of ether oxygens (including phenoxy) is 1. The molecule has 146 valence electrons. The van der Waals surface area contributed by atoms with Crippen LogP contribution in [-0.2, 0) is 6.54 Å². The fraction of sp³-hybridized carbons (Fsp3) is 0.182. The molecule has 0 bridgehead atoms. The molecule has 0 N–H and O–H groups in total. The molecule has 29 heavy (non-hydrogen) atoms. The highest BCUT2D eigenvalue weighted by molar-refractivity contribution is 6.06. The number of aromatic nitrogens is 4. The third-order valence-corrected chi connectivity index (χ3v) is 4.61. The Morgan fingerprint density at radius 2 is 1.76 bits per heavy atom. The molecule has 0 fully saturated rings. The predicted molar refractivity (Wildman–Crippen MR) is 110 cm³/mol. The molecule has 0 unspecified atom stereocenters. The summed E-state index contributed by atoms with van der Waals surface area (Å²) in [6, 6.07) is 18.5. The van der Waals surface area contributed by atoms with Crippen molar-refractivity contribution in [2.75, 3.05) is 12.0 Å². The maximum Gasteiger partial charge on any atom is 0.258 e. The van der Waals surface area contributed by atoms with Gasteiger partial charge in [0.15, 0.2) is 5.82 Å². The van der Waals surface area contributed by atoms with E-state index in [1.165, 1.54) is 0 Å². The SMILES string of the molecule is COc1ccc(C(=O)N(Cc2nc3nc(C)cc(C)n3n2)c2ccccc2)cc1. The average molecular weight is 387 g/mol. The minimum absolute atomic E-state index is 0.140. The number of hydrogen-bond acceptors (Lipinski definition) is 5. The van der Waals surface area contributed by atoms with Gasteiger partial charge in [-0.05, 0) is 56.3 Å². The molecule has 0 aliphatic heterocycles. The number of anilines is 1. The number of rotatable bonds is 5. The molecule has 0 aliphatic rings. The summed E-state index contributed by atoms with van der Waals surface area (Å²) in [7, 11) is 1.60. The minimum Gasteiger partial charge on any atom is -0.497 e. The minimum atomic E-state index is -0.140. The fourth-order valence-electron chi connectivity index (χ4n) is 3.19. The highest BCUT2D eigenvalue weighted by Crippen LogP contribution is 2.21. The van der Waals surface area contributed by atoms with Gasteiger partial charge in [-0.15, -0.1) is 5.10 Å². The molecule has 4 rings (SSSR count). The number of benzene rings is 2. The van der Waals surface area contributed by atoms with Crippen LogP contribution in [0.15, 0.2) is 60.7 Å².